The number of sulfonamides is 1. The monoisotopic (exact) mass is 580 g/mol. The second-order valence-corrected chi connectivity index (χ2v) is 10.7. The van der Waals surface area contributed by atoms with E-state index >= 15 is 0 Å². The van der Waals surface area contributed by atoms with E-state index < -0.39 is 10.0 Å². The van der Waals surface area contributed by atoms with Crippen LogP contribution in [-0.4, -0.2) is 21.4 Å². The fraction of sp³-hybridized carbons (Fsp3) is 0.107. The van der Waals surface area contributed by atoms with E-state index in [0.717, 1.165) is 10.0 Å². The average Bonchev–Trinajstić information content (AvgIpc) is 2.89. The van der Waals surface area contributed by atoms with Gasteiger partial charge in [0.1, 0.15) is 18.1 Å². The summed E-state index contributed by atoms with van der Waals surface area (Å²) in [5, 5.41) is 2.80. The highest BCUT2D eigenvalue weighted by Crippen LogP contribution is 2.28. The predicted molar refractivity (Wildman–Crippen MR) is 148 cm³/mol. The number of hydrogen-bond donors (Lipinski definition) is 2. The van der Waals surface area contributed by atoms with Gasteiger partial charge >= 0.3 is 0 Å². The van der Waals surface area contributed by atoms with Crippen molar-refractivity contribution in [3.63, 3.8) is 0 Å². The van der Waals surface area contributed by atoms with Gasteiger partial charge in [-0.3, -0.25) is 9.52 Å². The minimum absolute atomic E-state index is 0.0877. The van der Waals surface area contributed by atoms with Crippen molar-refractivity contribution < 1.29 is 22.7 Å². The van der Waals surface area contributed by atoms with E-state index in [0.29, 0.717) is 34.0 Å². The largest absolute Gasteiger partial charge is 0.496 e. The molecule has 190 valence electrons. The Labute approximate surface area is 224 Å². The van der Waals surface area contributed by atoms with Crippen LogP contribution in [0.25, 0.3) is 0 Å². The molecular formula is C28H25BrN2O5S. The number of anilines is 2. The van der Waals surface area contributed by atoms with Crippen molar-refractivity contribution in [3.8, 4) is 11.5 Å². The van der Waals surface area contributed by atoms with Gasteiger partial charge in [-0.2, -0.15) is 0 Å². The maximum Gasteiger partial charge on any atom is 0.261 e. The van der Waals surface area contributed by atoms with E-state index in [-0.39, 0.29) is 17.4 Å². The normalized spacial score (nSPS) is 11.0. The van der Waals surface area contributed by atoms with Crippen molar-refractivity contribution in [3.05, 3.63) is 112 Å². The smallest absolute Gasteiger partial charge is 0.261 e. The Morgan fingerprint density at radius 3 is 2.30 bits per heavy atom. The minimum atomic E-state index is -3.77. The van der Waals surface area contributed by atoms with Gasteiger partial charge in [0.05, 0.1) is 22.2 Å². The predicted octanol–water partition coefficient (Wildman–Crippen LogP) is 6.40. The number of para-hydroxylation sites is 2. The molecule has 0 radical (unpaired) electrons. The summed E-state index contributed by atoms with van der Waals surface area (Å²) >= 11 is 3.45. The summed E-state index contributed by atoms with van der Waals surface area (Å²) in [5.41, 5.74) is 2.90. The van der Waals surface area contributed by atoms with E-state index in [4.69, 9.17) is 9.47 Å². The molecule has 0 bridgehead atoms. The van der Waals surface area contributed by atoms with E-state index in [1.807, 2.05) is 43.3 Å². The average molecular weight is 581 g/mol. The lowest BCUT2D eigenvalue weighted by Gasteiger charge is -2.13. The van der Waals surface area contributed by atoms with Gasteiger partial charge < -0.3 is 14.8 Å². The molecule has 0 aromatic heterocycles. The molecule has 2 N–H and O–H groups in total. The van der Waals surface area contributed by atoms with Crippen LogP contribution in [0, 0.1) is 6.92 Å². The molecule has 0 aliphatic carbocycles. The first-order valence-electron chi connectivity index (χ1n) is 11.3. The summed E-state index contributed by atoms with van der Waals surface area (Å²) < 4.78 is 40.3. The number of hydrogen-bond acceptors (Lipinski definition) is 5. The van der Waals surface area contributed by atoms with Crippen molar-refractivity contribution >= 4 is 43.2 Å². The molecular weight excluding hydrogens is 556 g/mol. The Hall–Kier alpha value is -3.82. The van der Waals surface area contributed by atoms with Crippen LogP contribution in [0.1, 0.15) is 21.5 Å². The molecule has 37 heavy (non-hydrogen) atoms. The highest BCUT2D eigenvalue weighted by molar-refractivity contribution is 9.10. The zero-order chi connectivity index (χ0) is 26.4. The van der Waals surface area contributed by atoms with Crippen molar-refractivity contribution in [1.82, 2.24) is 0 Å². The van der Waals surface area contributed by atoms with Gasteiger partial charge in [0.15, 0.2) is 0 Å². The summed E-state index contributed by atoms with van der Waals surface area (Å²) in [6, 6.07) is 25.7. The lowest BCUT2D eigenvalue weighted by Crippen LogP contribution is -2.15. The van der Waals surface area contributed by atoms with Crippen molar-refractivity contribution in [2.45, 2.75) is 18.4 Å². The van der Waals surface area contributed by atoms with E-state index in [1.165, 1.54) is 12.1 Å². The molecule has 0 aliphatic rings. The Kier molecular flexibility index (Phi) is 8.15. The molecule has 4 aromatic rings. The van der Waals surface area contributed by atoms with Crippen LogP contribution in [0.3, 0.4) is 0 Å². The number of methoxy groups -OCH3 is 1. The van der Waals surface area contributed by atoms with E-state index in [2.05, 4.69) is 26.0 Å². The fourth-order valence-corrected chi connectivity index (χ4v) is 5.09. The third-order valence-electron chi connectivity index (χ3n) is 5.57. The molecule has 0 saturated heterocycles. The van der Waals surface area contributed by atoms with E-state index in [9.17, 15) is 13.2 Å². The number of carbonyl (C=O) groups excluding carboxylic acids is 1. The standard InChI is InChI=1S/C28H25BrN2O5S/c1-19-7-3-5-9-25(19)31-37(33,34)23-14-12-22(13-15-23)30-28(32)20-11-16-26(35-2)21(17-20)18-36-27-10-6-4-8-24(27)29/h3-17,31H,18H2,1-2H3,(H,30,32). The highest BCUT2D eigenvalue weighted by Gasteiger charge is 2.16. The summed E-state index contributed by atoms with van der Waals surface area (Å²) in [6.45, 7) is 2.03. The Morgan fingerprint density at radius 1 is 0.892 bits per heavy atom. The van der Waals surface area contributed by atoms with Gasteiger partial charge in [-0.1, -0.05) is 30.3 Å². The van der Waals surface area contributed by atoms with E-state index in [1.54, 1.807) is 49.6 Å². The van der Waals surface area contributed by atoms with Gasteiger partial charge in [0, 0.05) is 16.8 Å². The molecule has 0 fully saturated rings. The summed E-state index contributed by atoms with van der Waals surface area (Å²) in [7, 11) is -2.22. The van der Waals surface area contributed by atoms with Crippen molar-refractivity contribution in [1.29, 1.82) is 0 Å². The third-order valence-corrected chi connectivity index (χ3v) is 7.61. The first kappa shape index (κ1) is 26.2. The molecule has 0 unspecified atom stereocenters. The number of ether oxygens (including phenoxy) is 2. The number of rotatable bonds is 9. The highest BCUT2D eigenvalue weighted by atomic mass is 79.9. The van der Waals surface area contributed by atoms with Crippen LogP contribution in [0.5, 0.6) is 11.5 Å². The number of carbonyl (C=O) groups is 1. The van der Waals surface area contributed by atoms with Crippen molar-refractivity contribution in [2.24, 2.45) is 0 Å². The molecule has 1 amide bonds. The van der Waals surface area contributed by atoms with Gasteiger partial charge in [-0.15, -0.1) is 0 Å². The van der Waals surface area contributed by atoms with Crippen molar-refractivity contribution in [2.75, 3.05) is 17.1 Å². The van der Waals surface area contributed by atoms with Gasteiger partial charge in [0.25, 0.3) is 15.9 Å². The summed E-state index contributed by atoms with van der Waals surface area (Å²) in [6.07, 6.45) is 0. The first-order valence-corrected chi connectivity index (χ1v) is 13.6. The third kappa shape index (κ3) is 6.49. The quantitative estimate of drug-likeness (QED) is 0.239. The molecule has 0 aliphatic heterocycles. The maximum atomic E-state index is 12.9. The Morgan fingerprint density at radius 2 is 1.59 bits per heavy atom. The molecule has 0 spiro atoms. The zero-order valence-electron chi connectivity index (χ0n) is 20.2. The van der Waals surface area contributed by atoms with Crippen LogP contribution in [-0.2, 0) is 16.6 Å². The SMILES string of the molecule is COc1ccc(C(=O)Nc2ccc(S(=O)(=O)Nc3ccccc3C)cc2)cc1COc1ccccc1Br. The lowest BCUT2D eigenvalue weighted by molar-refractivity contribution is 0.102. The van der Waals surface area contributed by atoms with Crippen LogP contribution < -0.4 is 19.5 Å². The second-order valence-electron chi connectivity index (χ2n) is 8.14. The Bertz CT molecular complexity index is 1520. The van der Waals surface area contributed by atoms with Gasteiger partial charge in [-0.05, 0) is 89.1 Å². The van der Waals surface area contributed by atoms with Crippen LogP contribution in [0.4, 0.5) is 11.4 Å². The van der Waals surface area contributed by atoms with Crippen LogP contribution in [0.15, 0.2) is 100 Å². The summed E-state index contributed by atoms with van der Waals surface area (Å²) in [5.74, 6) is 0.920. The van der Waals surface area contributed by atoms with Gasteiger partial charge in [-0.25, -0.2) is 8.42 Å². The van der Waals surface area contributed by atoms with Gasteiger partial charge in [0.2, 0.25) is 0 Å². The molecule has 4 rings (SSSR count). The number of nitrogens with one attached hydrogen (secondary N) is 2. The molecule has 7 nitrogen and oxygen atoms in total. The number of amides is 1. The zero-order valence-corrected chi connectivity index (χ0v) is 22.6. The number of benzene rings is 4. The topological polar surface area (TPSA) is 93.7 Å². The first-order chi connectivity index (χ1) is 17.8. The Balaban J connectivity index is 1.46. The lowest BCUT2D eigenvalue weighted by atomic mass is 10.1. The number of halogens is 1. The molecule has 0 saturated carbocycles. The van der Waals surface area contributed by atoms with Crippen LogP contribution in [0.2, 0.25) is 0 Å². The molecule has 9 heteroatoms. The fourth-order valence-electron chi connectivity index (χ4n) is 3.56. The minimum Gasteiger partial charge on any atom is -0.496 e. The number of aryl methyl sites for hydroxylation is 1. The summed E-state index contributed by atoms with van der Waals surface area (Å²) in [4.78, 5) is 13.0. The molecule has 0 heterocycles. The molecule has 0 atom stereocenters. The van der Waals surface area contributed by atoms with Crippen LogP contribution >= 0.6 is 15.9 Å². The molecule has 4 aromatic carbocycles. The maximum absolute atomic E-state index is 12.9. The second kappa shape index (κ2) is 11.5.